The van der Waals surface area contributed by atoms with Crippen LogP contribution in [0.1, 0.15) is 16.8 Å². The lowest BCUT2D eigenvalue weighted by Crippen LogP contribution is -2.37. The number of imidazole rings is 1. The molecular formula is C18H16N4O3. The summed E-state index contributed by atoms with van der Waals surface area (Å²) in [7, 11) is 0. The summed E-state index contributed by atoms with van der Waals surface area (Å²) in [5.41, 5.74) is 2.18. The third kappa shape index (κ3) is 2.91. The molecule has 2 amide bonds. The number of carbonyl (C=O) groups excluding carboxylic acids is 2. The molecule has 1 aliphatic rings. The highest BCUT2D eigenvalue weighted by atomic mass is 16.2. The van der Waals surface area contributed by atoms with E-state index in [4.69, 9.17) is 0 Å². The summed E-state index contributed by atoms with van der Waals surface area (Å²) in [5, 5.41) is 2.89. The molecule has 3 aromatic rings. The van der Waals surface area contributed by atoms with Gasteiger partial charge in [-0.25, -0.2) is 4.79 Å². The van der Waals surface area contributed by atoms with Crippen LogP contribution < -0.4 is 15.9 Å². The topological polar surface area (TPSA) is 98.1 Å². The number of H-pyrrole nitrogens is 2. The number of hydrogen-bond acceptors (Lipinski definition) is 3. The van der Waals surface area contributed by atoms with Gasteiger partial charge in [0.2, 0.25) is 5.91 Å². The highest BCUT2D eigenvalue weighted by Crippen LogP contribution is 2.21. The summed E-state index contributed by atoms with van der Waals surface area (Å²) < 4.78 is 0. The van der Waals surface area contributed by atoms with Crippen molar-refractivity contribution in [3.63, 3.8) is 0 Å². The van der Waals surface area contributed by atoms with Crippen LogP contribution in [-0.2, 0) is 4.79 Å². The molecule has 1 atom stereocenters. The summed E-state index contributed by atoms with van der Waals surface area (Å²) in [6.45, 7) is 0.442. The van der Waals surface area contributed by atoms with Crippen LogP contribution in [0, 0.1) is 0 Å². The van der Waals surface area contributed by atoms with E-state index in [-0.39, 0.29) is 30.0 Å². The first-order valence-corrected chi connectivity index (χ1v) is 7.98. The van der Waals surface area contributed by atoms with E-state index in [0.29, 0.717) is 23.1 Å². The van der Waals surface area contributed by atoms with Crippen LogP contribution in [0.5, 0.6) is 0 Å². The van der Waals surface area contributed by atoms with Crippen LogP contribution in [0.3, 0.4) is 0 Å². The Labute approximate surface area is 142 Å². The van der Waals surface area contributed by atoms with Crippen molar-refractivity contribution in [3.05, 3.63) is 64.6 Å². The molecule has 0 bridgehead atoms. The first-order chi connectivity index (χ1) is 12.1. The van der Waals surface area contributed by atoms with Gasteiger partial charge < -0.3 is 20.2 Å². The Morgan fingerprint density at radius 2 is 1.80 bits per heavy atom. The minimum Gasteiger partial charge on any atom is -0.347 e. The Kier molecular flexibility index (Phi) is 3.61. The van der Waals surface area contributed by atoms with Crippen molar-refractivity contribution in [1.82, 2.24) is 15.3 Å². The highest BCUT2D eigenvalue weighted by molar-refractivity contribution is 6.00. The molecule has 7 heteroatoms. The van der Waals surface area contributed by atoms with E-state index in [1.54, 1.807) is 23.1 Å². The number of nitrogens with zero attached hydrogens (tertiary/aromatic N) is 1. The van der Waals surface area contributed by atoms with E-state index in [1.165, 1.54) is 0 Å². The van der Waals surface area contributed by atoms with Crippen molar-refractivity contribution in [2.45, 2.75) is 12.5 Å². The van der Waals surface area contributed by atoms with Crippen LogP contribution in [0.4, 0.5) is 5.69 Å². The van der Waals surface area contributed by atoms with E-state index in [2.05, 4.69) is 15.3 Å². The zero-order valence-corrected chi connectivity index (χ0v) is 13.3. The van der Waals surface area contributed by atoms with Gasteiger partial charge in [-0.05, 0) is 30.3 Å². The number of aromatic nitrogens is 2. The number of benzene rings is 2. The van der Waals surface area contributed by atoms with Crippen molar-refractivity contribution in [2.75, 3.05) is 11.4 Å². The summed E-state index contributed by atoms with van der Waals surface area (Å²) >= 11 is 0. The lowest BCUT2D eigenvalue weighted by Gasteiger charge is -2.17. The molecule has 0 radical (unpaired) electrons. The van der Waals surface area contributed by atoms with Crippen LogP contribution in [0.25, 0.3) is 11.0 Å². The molecule has 1 saturated heterocycles. The summed E-state index contributed by atoms with van der Waals surface area (Å²) in [6.07, 6.45) is 0.268. The van der Waals surface area contributed by atoms with E-state index >= 15 is 0 Å². The molecule has 0 unspecified atom stereocenters. The van der Waals surface area contributed by atoms with E-state index in [1.807, 2.05) is 30.3 Å². The molecule has 2 heterocycles. The van der Waals surface area contributed by atoms with Gasteiger partial charge in [0.25, 0.3) is 5.91 Å². The minimum absolute atomic E-state index is 0.0121. The van der Waals surface area contributed by atoms with Crippen molar-refractivity contribution >= 4 is 28.5 Å². The second kappa shape index (κ2) is 5.94. The van der Waals surface area contributed by atoms with Crippen molar-refractivity contribution < 1.29 is 9.59 Å². The number of amides is 2. The van der Waals surface area contributed by atoms with Gasteiger partial charge in [-0.3, -0.25) is 9.59 Å². The third-order valence-corrected chi connectivity index (χ3v) is 4.31. The largest absolute Gasteiger partial charge is 0.347 e. The Morgan fingerprint density at radius 1 is 1.04 bits per heavy atom. The Bertz CT molecular complexity index is 1010. The number of rotatable bonds is 3. The van der Waals surface area contributed by atoms with E-state index in [0.717, 1.165) is 5.69 Å². The smallest absolute Gasteiger partial charge is 0.323 e. The van der Waals surface area contributed by atoms with Gasteiger partial charge in [-0.2, -0.15) is 0 Å². The standard InChI is InChI=1S/C18H16N4O3/c23-16-9-12(10-22(16)13-4-2-1-3-5-13)19-17(24)11-6-7-14-15(8-11)21-18(25)20-14/h1-8,12H,9-10H2,(H,19,24)(H2,20,21,25)/t12-/m1/s1. The predicted molar refractivity (Wildman–Crippen MR) is 93.6 cm³/mol. The van der Waals surface area contributed by atoms with Crippen molar-refractivity contribution in [2.24, 2.45) is 0 Å². The van der Waals surface area contributed by atoms with Gasteiger partial charge >= 0.3 is 5.69 Å². The monoisotopic (exact) mass is 336 g/mol. The number of aromatic amines is 2. The molecule has 0 aliphatic carbocycles. The minimum atomic E-state index is -0.313. The average Bonchev–Trinajstić information content (AvgIpc) is 3.16. The Balaban J connectivity index is 1.49. The molecule has 1 aliphatic heterocycles. The number of para-hydroxylation sites is 1. The molecular weight excluding hydrogens is 320 g/mol. The van der Waals surface area contributed by atoms with Gasteiger partial charge in [0, 0.05) is 24.2 Å². The molecule has 3 N–H and O–H groups in total. The SMILES string of the molecule is O=C(N[C@@H]1CC(=O)N(c2ccccc2)C1)c1ccc2[nH]c(=O)[nH]c2c1. The predicted octanol–water partition coefficient (Wildman–Crippen LogP) is 1.39. The quantitative estimate of drug-likeness (QED) is 0.674. The number of fused-ring (bicyclic) bond motifs is 1. The Hall–Kier alpha value is -3.35. The summed E-state index contributed by atoms with van der Waals surface area (Å²) in [4.78, 5) is 42.9. The van der Waals surface area contributed by atoms with Crippen molar-refractivity contribution in [1.29, 1.82) is 0 Å². The zero-order valence-electron chi connectivity index (χ0n) is 13.3. The molecule has 1 aromatic heterocycles. The zero-order chi connectivity index (χ0) is 17.4. The summed E-state index contributed by atoms with van der Waals surface area (Å²) in [5.74, 6) is -0.279. The van der Waals surface area contributed by atoms with Crippen LogP contribution >= 0.6 is 0 Å². The average molecular weight is 336 g/mol. The first-order valence-electron chi connectivity index (χ1n) is 7.98. The molecule has 4 rings (SSSR count). The van der Waals surface area contributed by atoms with Gasteiger partial charge in [0.15, 0.2) is 0 Å². The second-order valence-corrected chi connectivity index (χ2v) is 6.05. The summed E-state index contributed by atoms with van der Waals surface area (Å²) in [6, 6.07) is 14.1. The van der Waals surface area contributed by atoms with Crippen LogP contribution in [0.15, 0.2) is 53.3 Å². The maximum Gasteiger partial charge on any atom is 0.323 e. The van der Waals surface area contributed by atoms with Crippen molar-refractivity contribution in [3.8, 4) is 0 Å². The molecule has 7 nitrogen and oxygen atoms in total. The maximum atomic E-state index is 12.5. The number of anilines is 1. The van der Waals surface area contributed by atoms with Gasteiger partial charge in [0.05, 0.1) is 17.1 Å². The Morgan fingerprint density at radius 3 is 2.60 bits per heavy atom. The van der Waals surface area contributed by atoms with Gasteiger partial charge in [0.1, 0.15) is 0 Å². The molecule has 126 valence electrons. The fourth-order valence-electron chi connectivity index (χ4n) is 3.10. The number of hydrogen-bond donors (Lipinski definition) is 3. The molecule has 0 saturated carbocycles. The highest BCUT2D eigenvalue weighted by Gasteiger charge is 2.31. The van der Waals surface area contributed by atoms with E-state index in [9.17, 15) is 14.4 Å². The van der Waals surface area contributed by atoms with Crippen LogP contribution in [-0.4, -0.2) is 34.4 Å². The lowest BCUT2D eigenvalue weighted by atomic mass is 10.1. The number of nitrogens with one attached hydrogen (secondary N) is 3. The fourth-order valence-corrected chi connectivity index (χ4v) is 3.10. The fraction of sp³-hybridized carbons (Fsp3) is 0.167. The maximum absolute atomic E-state index is 12.5. The molecule has 2 aromatic carbocycles. The van der Waals surface area contributed by atoms with Crippen LogP contribution in [0.2, 0.25) is 0 Å². The van der Waals surface area contributed by atoms with Gasteiger partial charge in [-0.1, -0.05) is 18.2 Å². The number of carbonyl (C=O) groups is 2. The molecule has 25 heavy (non-hydrogen) atoms. The third-order valence-electron chi connectivity index (χ3n) is 4.31. The van der Waals surface area contributed by atoms with E-state index < -0.39 is 0 Å². The molecule has 1 fully saturated rings. The lowest BCUT2D eigenvalue weighted by molar-refractivity contribution is -0.117. The second-order valence-electron chi connectivity index (χ2n) is 6.05. The molecule has 0 spiro atoms. The normalized spacial score (nSPS) is 17.2. The van der Waals surface area contributed by atoms with Gasteiger partial charge in [-0.15, -0.1) is 0 Å². The first kappa shape index (κ1) is 15.2.